The van der Waals surface area contributed by atoms with Crippen molar-refractivity contribution in [3.63, 3.8) is 0 Å². The lowest BCUT2D eigenvalue weighted by Gasteiger charge is -2.24. The van der Waals surface area contributed by atoms with E-state index < -0.39 is 0 Å². The van der Waals surface area contributed by atoms with E-state index >= 15 is 0 Å². The molecule has 2 aromatic carbocycles. The topological polar surface area (TPSA) is 87.6 Å². The number of fused-ring (bicyclic) bond motifs is 1. The molecule has 2 saturated heterocycles. The first-order valence-electron chi connectivity index (χ1n) is 11.3. The molecule has 0 saturated carbocycles. The number of amides is 1. The lowest BCUT2D eigenvalue weighted by atomic mass is 9.99. The molecule has 0 spiro atoms. The second kappa shape index (κ2) is 8.74. The summed E-state index contributed by atoms with van der Waals surface area (Å²) >= 11 is 0. The number of anilines is 1. The number of carbonyl (C=O) groups is 1. The number of nitrogens with one attached hydrogen (secondary N) is 1. The summed E-state index contributed by atoms with van der Waals surface area (Å²) in [6.45, 7) is 4.87. The molecule has 0 unspecified atom stereocenters. The van der Waals surface area contributed by atoms with Gasteiger partial charge in [0.2, 0.25) is 5.91 Å². The van der Waals surface area contributed by atoms with Crippen LogP contribution in [0.15, 0.2) is 42.5 Å². The number of phenolic OH excluding ortho intramolecular Hbond substituents is 1. The van der Waals surface area contributed by atoms with Crippen molar-refractivity contribution in [2.75, 3.05) is 31.2 Å². The number of ether oxygens (including phenoxy) is 1. The van der Waals surface area contributed by atoms with Crippen LogP contribution in [0.2, 0.25) is 0 Å². The van der Waals surface area contributed by atoms with Gasteiger partial charge in [-0.2, -0.15) is 0 Å². The summed E-state index contributed by atoms with van der Waals surface area (Å²) in [5.74, 6) is 1.70. The number of para-hydroxylation sites is 1. The highest BCUT2D eigenvalue weighted by molar-refractivity contribution is 5.92. The Bertz CT molecular complexity index is 1160. The molecule has 3 heterocycles. The maximum Gasteiger partial charge on any atom is 0.223 e. The molecule has 1 amide bonds. The van der Waals surface area contributed by atoms with Crippen LogP contribution in [-0.2, 0) is 9.53 Å². The van der Waals surface area contributed by atoms with E-state index in [-0.39, 0.29) is 27.9 Å². The van der Waals surface area contributed by atoms with Crippen LogP contribution >= 0.6 is 0 Å². The molecule has 2 fully saturated rings. The molecule has 32 heavy (non-hydrogen) atoms. The summed E-state index contributed by atoms with van der Waals surface area (Å²) in [5.41, 5.74) is 2.58. The molecular formula is C25H34N4O3. The van der Waals surface area contributed by atoms with Crippen LogP contribution in [0.4, 0.5) is 5.82 Å². The molecule has 172 valence electrons. The van der Waals surface area contributed by atoms with E-state index in [4.69, 9.17) is 14.7 Å². The van der Waals surface area contributed by atoms with Crippen molar-refractivity contribution in [3.8, 4) is 17.1 Å². The number of phenols is 1. The zero-order chi connectivity index (χ0) is 22.1. The van der Waals surface area contributed by atoms with Gasteiger partial charge in [0.05, 0.1) is 11.1 Å². The molecule has 1 atom stereocenters. The number of hydrogen-bond acceptors (Lipinski definition) is 6. The van der Waals surface area contributed by atoms with Crippen LogP contribution in [0.3, 0.4) is 0 Å². The molecule has 3 aromatic rings. The van der Waals surface area contributed by atoms with Crippen molar-refractivity contribution >= 4 is 22.6 Å². The molecule has 0 aliphatic carbocycles. The van der Waals surface area contributed by atoms with E-state index in [1.54, 1.807) is 12.1 Å². The summed E-state index contributed by atoms with van der Waals surface area (Å²) in [6.07, 6.45) is 2.46. The molecular weight excluding hydrogens is 404 g/mol. The third kappa shape index (κ3) is 4.12. The van der Waals surface area contributed by atoms with Gasteiger partial charge in [-0.15, -0.1) is 0 Å². The van der Waals surface area contributed by atoms with Crippen LogP contribution in [0, 0.1) is 12.8 Å². The Labute approximate surface area is 191 Å². The first kappa shape index (κ1) is 20.7. The quantitative estimate of drug-likeness (QED) is 0.636. The molecule has 7 nitrogen and oxygen atoms in total. The monoisotopic (exact) mass is 438 g/mol. The number of carbonyl (C=O) groups excluding carboxylic acids is 1. The van der Waals surface area contributed by atoms with E-state index in [0.717, 1.165) is 48.1 Å². The maximum atomic E-state index is 12.7. The van der Waals surface area contributed by atoms with Gasteiger partial charge in [-0.05, 0) is 56.0 Å². The predicted molar refractivity (Wildman–Crippen MR) is 130 cm³/mol. The summed E-state index contributed by atoms with van der Waals surface area (Å²) in [5, 5.41) is 14.6. The van der Waals surface area contributed by atoms with Crippen molar-refractivity contribution in [1.82, 2.24) is 15.3 Å². The van der Waals surface area contributed by atoms with E-state index in [9.17, 15) is 9.90 Å². The van der Waals surface area contributed by atoms with Crippen molar-refractivity contribution in [2.24, 2.45) is 5.92 Å². The van der Waals surface area contributed by atoms with E-state index in [1.165, 1.54) is 0 Å². The van der Waals surface area contributed by atoms with Gasteiger partial charge in [0.25, 0.3) is 0 Å². The number of aryl methyl sites for hydroxylation is 1. The van der Waals surface area contributed by atoms with Crippen molar-refractivity contribution in [1.29, 1.82) is 0 Å². The fraction of sp³-hybridized carbons (Fsp3) is 0.400. The Balaban J connectivity index is 0.00000144. The Morgan fingerprint density at radius 3 is 2.78 bits per heavy atom. The SMILES string of the molecule is Cc1ccc2c(N3CC[C@@H](NC(=O)C4CCOCC4)C3)nc(-c3ccccc3O)nc2c1.[HH].[HH].[HH]. The first-order valence-corrected chi connectivity index (χ1v) is 11.3. The Kier molecular flexibility index (Phi) is 5.66. The Morgan fingerprint density at radius 2 is 1.97 bits per heavy atom. The summed E-state index contributed by atoms with van der Waals surface area (Å²) in [6, 6.07) is 13.4. The highest BCUT2D eigenvalue weighted by Gasteiger charge is 2.29. The standard InChI is InChI=1S/C25H28N4O3.3H2/c1-16-6-7-19-21(14-16)27-23(20-4-2-3-5-22(20)30)28-24(19)29-11-8-18(15-29)26-25(31)17-9-12-32-13-10-17;;;/h2-7,14,17-18,30H,8-13,15H2,1H3,(H,26,31);3*1H/t18-;;;/m1.../s1. The smallest absolute Gasteiger partial charge is 0.223 e. The fourth-order valence-corrected chi connectivity index (χ4v) is 4.60. The molecule has 5 rings (SSSR count). The average molecular weight is 439 g/mol. The van der Waals surface area contributed by atoms with Gasteiger partial charge >= 0.3 is 0 Å². The highest BCUT2D eigenvalue weighted by atomic mass is 16.5. The second-order valence-corrected chi connectivity index (χ2v) is 8.74. The lowest BCUT2D eigenvalue weighted by molar-refractivity contribution is -0.128. The van der Waals surface area contributed by atoms with Gasteiger partial charge in [0.1, 0.15) is 11.6 Å². The van der Waals surface area contributed by atoms with Crippen molar-refractivity contribution < 1.29 is 18.9 Å². The Hall–Kier alpha value is -3.19. The van der Waals surface area contributed by atoms with Gasteiger partial charge in [-0.25, -0.2) is 9.97 Å². The van der Waals surface area contributed by atoms with Crippen LogP contribution < -0.4 is 10.2 Å². The third-order valence-electron chi connectivity index (χ3n) is 6.40. The van der Waals surface area contributed by atoms with Gasteiger partial charge in [-0.3, -0.25) is 4.79 Å². The largest absolute Gasteiger partial charge is 0.507 e. The number of aromatic hydroxyl groups is 1. The number of hydrogen-bond donors (Lipinski definition) is 2. The van der Waals surface area contributed by atoms with Crippen LogP contribution in [0.25, 0.3) is 22.3 Å². The number of aromatic nitrogens is 2. The minimum atomic E-state index is 0. The zero-order valence-electron chi connectivity index (χ0n) is 18.3. The lowest BCUT2D eigenvalue weighted by Crippen LogP contribution is -2.42. The number of rotatable bonds is 4. The normalized spacial score (nSPS) is 19.4. The zero-order valence-corrected chi connectivity index (χ0v) is 18.3. The highest BCUT2D eigenvalue weighted by Crippen LogP contribution is 2.33. The molecule has 1 aromatic heterocycles. The Morgan fingerprint density at radius 1 is 1.16 bits per heavy atom. The van der Waals surface area contributed by atoms with Gasteiger partial charge in [0, 0.05) is 47.9 Å². The molecule has 2 aliphatic rings. The van der Waals surface area contributed by atoms with Crippen LogP contribution in [0.5, 0.6) is 5.75 Å². The molecule has 7 heteroatoms. The van der Waals surface area contributed by atoms with Crippen LogP contribution in [0.1, 0.15) is 29.1 Å². The van der Waals surface area contributed by atoms with Gasteiger partial charge in [0.15, 0.2) is 5.82 Å². The number of nitrogens with zero attached hydrogens (tertiary/aromatic N) is 3. The molecule has 2 aliphatic heterocycles. The van der Waals surface area contributed by atoms with E-state index in [2.05, 4.69) is 22.3 Å². The maximum absolute atomic E-state index is 12.7. The summed E-state index contributed by atoms with van der Waals surface area (Å²) in [4.78, 5) is 24.5. The first-order chi connectivity index (χ1) is 15.6. The van der Waals surface area contributed by atoms with E-state index in [0.29, 0.717) is 31.1 Å². The van der Waals surface area contributed by atoms with Gasteiger partial charge in [-0.1, -0.05) is 18.2 Å². The minimum Gasteiger partial charge on any atom is -0.507 e. The average Bonchev–Trinajstić information content (AvgIpc) is 3.27. The summed E-state index contributed by atoms with van der Waals surface area (Å²) < 4.78 is 5.38. The number of benzene rings is 2. The van der Waals surface area contributed by atoms with Gasteiger partial charge < -0.3 is 20.1 Å². The molecule has 0 radical (unpaired) electrons. The van der Waals surface area contributed by atoms with Crippen LogP contribution in [-0.4, -0.2) is 53.3 Å². The third-order valence-corrected chi connectivity index (χ3v) is 6.40. The van der Waals surface area contributed by atoms with E-state index in [1.807, 2.05) is 25.1 Å². The summed E-state index contributed by atoms with van der Waals surface area (Å²) in [7, 11) is 0. The molecule has 0 bridgehead atoms. The molecule has 2 N–H and O–H groups in total. The van der Waals surface area contributed by atoms with Crippen molar-refractivity contribution in [2.45, 2.75) is 32.2 Å². The van der Waals surface area contributed by atoms with Crippen molar-refractivity contribution in [3.05, 3.63) is 48.0 Å². The minimum absolute atomic E-state index is 0. The fourth-order valence-electron chi connectivity index (χ4n) is 4.60. The second-order valence-electron chi connectivity index (χ2n) is 8.74. The predicted octanol–water partition coefficient (Wildman–Crippen LogP) is 4.17.